The summed E-state index contributed by atoms with van der Waals surface area (Å²) in [7, 11) is 3.98. The van der Waals surface area contributed by atoms with Gasteiger partial charge in [0.15, 0.2) is 0 Å². The summed E-state index contributed by atoms with van der Waals surface area (Å²) in [5, 5.41) is 15.6. The van der Waals surface area contributed by atoms with Crippen molar-refractivity contribution in [2.75, 3.05) is 31.8 Å². The molecule has 0 aliphatic carbocycles. The van der Waals surface area contributed by atoms with E-state index in [2.05, 4.69) is 28.5 Å². The number of nitro benzene ring substituents is 1. The van der Waals surface area contributed by atoms with Crippen LogP contribution in [-0.4, -0.2) is 42.7 Å². The molecule has 174 valence electrons. The Morgan fingerprint density at radius 2 is 1.85 bits per heavy atom. The number of aromatic amines is 1. The number of thioether (sulfide) groups is 1. The van der Waals surface area contributed by atoms with E-state index >= 15 is 0 Å². The van der Waals surface area contributed by atoms with E-state index in [-0.39, 0.29) is 17.2 Å². The third-order valence-electron chi connectivity index (χ3n) is 5.92. The van der Waals surface area contributed by atoms with Crippen molar-refractivity contribution >= 4 is 39.9 Å². The molecule has 1 atom stereocenters. The molecule has 7 nitrogen and oxygen atoms in total. The van der Waals surface area contributed by atoms with Crippen LogP contribution >= 0.6 is 11.8 Å². The van der Waals surface area contributed by atoms with Gasteiger partial charge in [0.25, 0.3) is 11.6 Å². The number of carbonyl (C=O) groups is 1. The van der Waals surface area contributed by atoms with E-state index in [0.29, 0.717) is 6.54 Å². The van der Waals surface area contributed by atoms with E-state index in [1.54, 1.807) is 12.1 Å². The number of benzene rings is 3. The predicted octanol–water partition coefficient (Wildman–Crippen LogP) is 5.43. The van der Waals surface area contributed by atoms with Crippen LogP contribution in [0, 0.1) is 10.1 Å². The highest BCUT2D eigenvalue weighted by molar-refractivity contribution is 7.98. The van der Waals surface area contributed by atoms with Gasteiger partial charge < -0.3 is 15.2 Å². The molecule has 4 rings (SSSR count). The Morgan fingerprint density at radius 3 is 2.53 bits per heavy atom. The van der Waals surface area contributed by atoms with Crippen LogP contribution in [0.15, 0.2) is 77.8 Å². The van der Waals surface area contributed by atoms with E-state index in [1.165, 1.54) is 17.8 Å². The molecule has 34 heavy (non-hydrogen) atoms. The first-order valence-corrected chi connectivity index (χ1v) is 12.1. The first-order valence-electron chi connectivity index (χ1n) is 10.8. The predicted molar refractivity (Wildman–Crippen MR) is 138 cm³/mol. The minimum absolute atomic E-state index is 0.0671. The van der Waals surface area contributed by atoms with Crippen LogP contribution in [0.4, 0.5) is 11.4 Å². The van der Waals surface area contributed by atoms with Crippen molar-refractivity contribution in [3.8, 4) is 0 Å². The Labute approximate surface area is 202 Å². The minimum atomic E-state index is -0.518. The highest BCUT2D eigenvalue weighted by Crippen LogP contribution is 2.32. The lowest BCUT2D eigenvalue weighted by atomic mass is 9.90. The molecule has 0 radical (unpaired) electrons. The number of rotatable bonds is 8. The number of hydrogen-bond acceptors (Lipinski definition) is 5. The SMILES string of the molecule is CSc1ccc([N+](=O)[O-])c(C(=O)NCC(c2ccc(N(C)C)cc2)c2c[nH]c3ccccc23)c1. The monoisotopic (exact) mass is 474 g/mol. The number of nitro groups is 1. The minimum Gasteiger partial charge on any atom is -0.378 e. The van der Waals surface area contributed by atoms with Gasteiger partial charge in [-0.3, -0.25) is 14.9 Å². The number of fused-ring (bicyclic) bond motifs is 1. The third-order valence-corrected chi connectivity index (χ3v) is 6.65. The normalized spacial score (nSPS) is 11.9. The average Bonchev–Trinajstić information content (AvgIpc) is 3.28. The lowest BCUT2D eigenvalue weighted by Gasteiger charge is -2.20. The maximum atomic E-state index is 13.1. The maximum Gasteiger partial charge on any atom is 0.282 e. The van der Waals surface area contributed by atoms with E-state index in [1.807, 2.05) is 61.8 Å². The van der Waals surface area contributed by atoms with Crippen LogP contribution < -0.4 is 10.2 Å². The van der Waals surface area contributed by atoms with Crippen molar-refractivity contribution in [3.05, 3.63) is 99.7 Å². The molecule has 0 spiro atoms. The van der Waals surface area contributed by atoms with Gasteiger partial charge in [0.05, 0.1) is 4.92 Å². The summed E-state index contributed by atoms with van der Waals surface area (Å²) in [6.45, 7) is 0.294. The second-order valence-corrected chi connectivity index (χ2v) is 9.06. The molecule has 0 bridgehead atoms. The van der Waals surface area contributed by atoms with Crippen LogP contribution in [-0.2, 0) is 0 Å². The number of nitrogens with one attached hydrogen (secondary N) is 2. The zero-order valence-electron chi connectivity index (χ0n) is 19.2. The molecule has 0 aliphatic heterocycles. The highest BCUT2D eigenvalue weighted by atomic mass is 32.2. The zero-order chi connectivity index (χ0) is 24.2. The second-order valence-electron chi connectivity index (χ2n) is 8.18. The highest BCUT2D eigenvalue weighted by Gasteiger charge is 2.24. The third kappa shape index (κ3) is 4.77. The fourth-order valence-electron chi connectivity index (χ4n) is 4.07. The molecule has 1 amide bonds. The number of para-hydroxylation sites is 1. The summed E-state index contributed by atoms with van der Waals surface area (Å²) in [5.41, 5.74) is 4.06. The molecule has 8 heteroatoms. The summed E-state index contributed by atoms with van der Waals surface area (Å²) in [4.78, 5) is 30.2. The van der Waals surface area contributed by atoms with Crippen LogP contribution in [0.3, 0.4) is 0 Å². The Kier molecular flexibility index (Phi) is 6.88. The van der Waals surface area contributed by atoms with Crippen LogP contribution in [0.2, 0.25) is 0 Å². The molecular formula is C26H26N4O3S. The lowest BCUT2D eigenvalue weighted by Crippen LogP contribution is -2.29. The lowest BCUT2D eigenvalue weighted by molar-refractivity contribution is -0.385. The number of nitrogens with zero attached hydrogens (tertiary/aromatic N) is 2. The summed E-state index contributed by atoms with van der Waals surface area (Å²) < 4.78 is 0. The Balaban J connectivity index is 1.68. The van der Waals surface area contributed by atoms with Crippen molar-refractivity contribution in [2.24, 2.45) is 0 Å². The van der Waals surface area contributed by atoms with Gasteiger partial charge in [-0.05, 0) is 47.7 Å². The number of aromatic nitrogens is 1. The summed E-state index contributed by atoms with van der Waals surface area (Å²) in [5.74, 6) is -0.601. The quantitative estimate of drug-likeness (QED) is 0.202. The van der Waals surface area contributed by atoms with Crippen LogP contribution in [0.1, 0.15) is 27.4 Å². The summed E-state index contributed by atoms with van der Waals surface area (Å²) >= 11 is 1.43. The number of hydrogen-bond donors (Lipinski definition) is 2. The number of amides is 1. The van der Waals surface area contributed by atoms with Gasteiger partial charge in [-0.1, -0.05) is 30.3 Å². The van der Waals surface area contributed by atoms with Crippen molar-refractivity contribution in [2.45, 2.75) is 10.8 Å². The number of anilines is 1. The van der Waals surface area contributed by atoms with E-state index in [9.17, 15) is 14.9 Å². The Morgan fingerprint density at radius 1 is 1.12 bits per heavy atom. The van der Waals surface area contributed by atoms with Crippen molar-refractivity contribution in [3.63, 3.8) is 0 Å². The van der Waals surface area contributed by atoms with Gasteiger partial charge >= 0.3 is 0 Å². The van der Waals surface area contributed by atoms with Crippen LogP contribution in [0.5, 0.6) is 0 Å². The van der Waals surface area contributed by atoms with E-state index < -0.39 is 10.8 Å². The smallest absolute Gasteiger partial charge is 0.282 e. The number of carbonyl (C=O) groups excluding carboxylic acids is 1. The molecule has 0 saturated carbocycles. The van der Waals surface area contributed by atoms with Gasteiger partial charge in [0.1, 0.15) is 5.56 Å². The van der Waals surface area contributed by atoms with Gasteiger partial charge in [-0.25, -0.2) is 0 Å². The standard InChI is InChI=1S/C26H26N4O3S/c1-29(2)18-10-8-17(9-11-18)22(23-16-27-24-7-5-4-6-20(23)24)15-28-26(31)21-14-19(34-3)12-13-25(21)30(32)33/h4-14,16,22,27H,15H2,1-3H3,(H,28,31). The Bertz CT molecular complexity index is 1330. The summed E-state index contributed by atoms with van der Waals surface area (Å²) in [6, 6.07) is 20.9. The Hall–Kier alpha value is -3.78. The summed E-state index contributed by atoms with van der Waals surface area (Å²) in [6.07, 6.45) is 3.84. The largest absolute Gasteiger partial charge is 0.378 e. The number of H-pyrrole nitrogens is 1. The molecule has 4 aromatic rings. The van der Waals surface area contributed by atoms with E-state index in [4.69, 9.17) is 0 Å². The molecule has 1 unspecified atom stereocenters. The zero-order valence-corrected chi connectivity index (χ0v) is 20.1. The molecule has 0 saturated heterocycles. The molecule has 0 fully saturated rings. The first kappa shape index (κ1) is 23.4. The molecule has 2 N–H and O–H groups in total. The molecule has 1 heterocycles. The van der Waals surface area contributed by atoms with Crippen molar-refractivity contribution < 1.29 is 9.72 Å². The van der Waals surface area contributed by atoms with Crippen molar-refractivity contribution in [1.29, 1.82) is 0 Å². The fraction of sp³-hybridized carbons (Fsp3) is 0.192. The van der Waals surface area contributed by atoms with E-state index in [0.717, 1.165) is 32.6 Å². The van der Waals surface area contributed by atoms with Gasteiger partial charge in [0, 0.05) is 60.3 Å². The second kappa shape index (κ2) is 10.0. The first-order chi connectivity index (χ1) is 16.4. The molecular weight excluding hydrogens is 448 g/mol. The molecule has 3 aromatic carbocycles. The molecule has 1 aromatic heterocycles. The average molecular weight is 475 g/mol. The van der Waals surface area contributed by atoms with Gasteiger partial charge in [0.2, 0.25) is 0 Å². The van der Waals surface area contributed by atoms with Crippen molar-refractivity contribution in [1.82, 2.24) is 10.3 Å². The molecule has 0 aliphatic rings. The topological polar surface area (TPSA) is 91.3 Å². The fourth-order valence-corrected chi connectivity index (χ4v) is 4.51. The van der Waals surface area contributed by atoms with Gasteiger partial charge in [-0.15, -0.1) is 11.8 Å². The van der Waals surface area contributed by atoms with Gasteiger partial charge in [-0.2, -0.15) is 0 Å². The van der Waals surface area contributed by atoms with Crippen LogP contribution in [0.25, 0.3) is 10.9 Å². The maximum absolute atomic E-state index is 13.1.